The predicted molar refractivity (Wildman–Crippen MR) is 64.3 cm³/mol. The zero-order valence-corrected chi connectivity index (χ0v) is 10.4. The average Bonchev–Trinajstić information content (AvgIpc) is 2.66. The lowest BCUT2D eigenvalue weighted by Crippen LogP contribution is -2.42. The third-order valence-corrected chi connectivity index (χ3v) is 3.50. The van der Waals surface area contributed by atoms with Crippen LogP contribution in [0, 0.1) is 4.64 Å². The molecule has 1 aromatic heterocycles. The number of H-pyrrole nitrogens is 1. The standard InChI is InChI=1S/C11H16N2O2S/c1-11(2,6-14)13-8-5-3-4-7(8)9(16)12-10(13)15/h14H,3-6H2,1-2H3,(H,12,15,16). The van der Waals surface area contributed by atoms with Crippen molar-refractivity contribution in [3.63, 3.8) is 0 Å². The van der Waals surface area contributed by atoms with Crippen molar-refractivity contribution in [2.75, 3.05) is 6.61 Å². The van der Waals surface area contributed by atoms with E-state index in [1.807, 2.05) is 13.8 Å². The van der Waals surface area contributed by atoms with E-state index in [-0.39, 0.29) is 12.3 Å². The Morgan fingerprint density at radius 2 is 2.19 bits per heavy atom. The summed E-state index contributed by atoms with van der Waals surface area (Å²) in [7, 11) is 0. The summed E-state index contributed by atoms with van der Waals surface area (Å²) in [5, 5.41) is 9.37. The van der Waals surface area contributed by atoms with Gasteiger partial charge in [0.05, 0.1) is 12.1 Å². The van der Waals surface area contributed by atoms with Crippen molar-refractivity contribution in [3.05, 3.63) is 26.4 Å². The SMILES string of the molecule is CC(C)(CO)n1c2c(c(=S)[nH]c1=O)CCC2. The molecule has 0 radical (unpaired) electrons. The van der Waals surface area contributed by atoms with Crippen LogP contribution >= 0.6 is 12.2 Å². The molecule has 2 rings (SSSR count). The van der Waals surface area contributed by atoms with Crippen LogP contribution in [0.4, 0.5) is 0 Å². The number of aromatic nitrogens is 2. The molecule has 16 heavy (non-hydrogen) atoms. The minimum atomic E-state index is -0.578. The highest BCUT2D eigenvalue weighted by Crippen LogP contribution is 2.25. The second-order valence-electron chi connectivity index (χ2n) is 4.84. The van der Waals surface area contributed by atoms with Gasteiger partial charge in [0.15, 0.2) is 0 Å². The Hall–Kier alpha value is -0.940. The van der Waals surface area contributed by atoms with Crippen LogP contribution in [0.3, 0.4) is 0 Å². The smallest absolute Gasteiger partial charge is 0.327 e. The molecule has 0 amide bonds. The first-order chi connectivity index (χ1) is 7.47. The summed E-state index contributed by atoms with van der Waals surface area (Å²) in [4.78, 5) is 14.6. The first-order valence-corrected chi connectivity index (χ1v) is 5.86. The van der Waals surface area contributed by atoms with Gasteiger partial charge in [0.1, 0.15) is 4.64 Å². The maximum Gasteiger partial charge on any atom is 0.327 e. The number of fused-ring (bicyclic) bond motifs is 1. The lowest BCUT2D eigenvalue weighted by atomic mass is 10.1. The first kappa shape index (κ1) is 11.5. The van der Waals surface area contributed by atoms with Gasteiger partial charge in [0.2, 0.25) is 0 Å². The third kappa shape index (κ3) is 1.64. The molecule has 0 aromatic carbocycles. The molecule has 0 atom stereocenters. The lowest BCUT2D eigenvalue weighted by molar-refractivity contribution is 0.156. The van der Waals surface area contributed by atoms with Gasteiger partial charge < -0.3 is 5.11 Å². The second kappa shape index (κ2) is 3.82. The molecule has 0 saturated heterocycles. The van der Waals surface area contributed by atoms with Gasteiger partial charge in [0, 0.05) is 11.3 Å². The summed E-state index contributed by atoms with van der Waals surface area (Å²) in [5.74, 6) is 0. The van der Waals surface area contributed by atoms with E-state index in [2.05, 4.69) is 4.98 Å². The Kier molecular flexibility index (Phi) is 2.75. The van der Waals surface area contributed by atoms with Crippen molar-refractivity contribution < 1.29 is 5.11 Å². The van der Waals surface area contributed by atoms with Crippen LogP contribution in [-0.4, -0.2) is 21.3 Å². The van der Waals surface area contributed by atoms with E-state index in [9.17, 15) is 9.90 Å². The highest BCUT2D eigenvalue weighted by atomic mass is 32.1. The molecular formula is C11H16N2O2S. The van der Waals surface area contributed by atoms with Gasteiger partial charge >= 0.3 is 5.69 Å². The van der Waals surface area contributed by atoms with Crippen molar-refractivity contribution in [2.24, 2.45) is 0 Å². The maximum atomic E-state index is 11.9. The number of aromatic amines is 1. The fourth-order valence-corrected chi connectivity index (χ4v) is 2.59. The van der Waals surface area contributed by atoms with Crippen LogP contribution in [0.5, 0.6) is 0 Å². The number of nitrogens with one attached hydrogen (secondary N) is 1. The molecule has 1 aliphatic rings. The van der Waals surface area contributed by atoms with E-state index in [4.69, 9.17) is 12.2 Å². The van der Waals surface area contributed by atoms with E-state index in [1.54, 1.807) is 4.57 Å². The Bertz CT molecular complexity index is 528. The molecule has 4 nitrogen and oxygen atoms in total. The van der Waals surface area contributed by atoms with Crippen LogP contribution in [0.1, 0.15) is 31.5 Å². The quantitative estimate of drug-likeness (QED) is 0.762. The van der Waals surface area contributed by atoms with Crippen molar-refractivity contribution in [2.45, 2.75) is 38.6 Å². The summed E-state index contributed by atoms with van der Waals surface area (Å²) in [6.07, 6.45) is 2.82. The van der Waals surface area contributed by atoms with Gasteiger partial charge in [-0.2, -0.15) is 0 Å². The second-order valence-corrected chi connectivity index (χ2v) is 5.25. The third-order valence-electron chi connectivity index (χ3n) is 3.15. The average molecular weight is 240 g/mol. The summed E-state index contributed by atoms with van der Waals surface area (Å²) in [6, 6.07) is 0. The fraction of sp³-hybridized carbons (Fsp3) is 0.636. The summed E-state index contributed by atoms with van der Waals surface area (Å²) in [5.41, 5.74) is 1.26. The molecule has 1 heterocycles. The highest BCUT2D eigenvalue weighted by molar-refractivity contribution is 7.71. The van der Waals surface area contributed by atoms with Crippen LogP contribution in [-0.2, 0) is 18.4 Å². The van der Waals surface area contributed by atoms with Crippen molar-refractivity contribution in [1.29, 1.82) is 0 Å². The number of hydrogen-bond acceptors (Lipinski definition) is 3. The largest absolute Gasteiger partial charge is 0.394 e. The molecule has 0 spiro atoms. The van der Waals surface area contributed by atoms with Crippen LogP contribution < -0.4 is 5.69 Å². The van der Waals surface area contributed by atoms with Crippen LogP contribution in [0.25, 0.3) is 0 Å². The van der Waals surface area contributed by atoms with Crippen LogP contribution in [0.2, 0.25) is 0 Å². The molecule has 0 bridgehead atoms. The normalized spacial score (nSPS) is 15.2. The van der Waals surface area contributed by atoms with Crippen molar-refractivity contribution in [3.8, 4) is 0 Å². The van der Waals surface area contributed by atoms with Gasteiger partial charge in [-0.25, -0.2) is 4.79 Å². The lowest BCUT2D eigenvalue weighted by Gasteiger charge is -2.27. The Labute approximate surface area is 98.9 Å². The summed E-state index contributed by atoms with van der Waals surface area (Å²) < 4.78 is 2.22. The summed E-state index contributed by atoms with van der Waals surface area (Å²) >= 11 is 5.15. The number of aliphatic hydroxyl groups is 1. The molecule has 5 heteroatoms. The van der Waals surface area contributed by atoms with Gasteiger partial charge in [-0.3, -0.25) is 9.55 Å². The van der Waals surface area contributed by atoms with Gasteiger partial charge in [-0.15, -0.1) is 0 Å². The van der Waals surface area contributed by atoms with Gasteiger partial charge in [-0.05, 0) is 33.1 Å². The summed E-state index contributed by atoms with van der Waals surface area (Å²) in [6.45, 7) is 3.64. The molecule has 1 aromatic rings. The minimum Gasteiger partial charge on any atom is -0.394 e. The molecule has 0 aliphatic heterocycles. The van der Waals surface area contributed by atoms with E-state index in [0.717, 1.165) is 30.5 Å². The van der Waals surface area contributed by atoms with Gasteiger partial charge in [0.25, 0.3) is 0 Å². The van der Waals surface area contributed by atoms with Crippen LogP contribution in [0.15, 0.2) is 4.79 Å². The monoisotopic (exact) mass is 240 g/mol. The Morgan fingerprint density at radius 3 is 2.81 bits per heavy atom. The van der Waals surface area contributed by atoms with E-state index >= 15 is 0 Å². The Balaban J connectivity index is 2.77. The van der Waals surface area contributed by atoms with Gasteiger partial charge in [-0.1, -0.05) is 12.2 Å². The Morgan fingerprint density at radius 1 is 1.50 bits per heavy atom. The molecular weight excluding hydrogens is 224 g/mol. The molecule has 0 saturated carbocycles. The molecule has 0 fully saturated rings. The minimum absolute atomic E-state index is 0.0655. The molecule has 88 valence electrons. The van der Waals surface area contributed by atoms with Crippen molar-refractivity contribution in [1.82, 2.24) is 9.55 Å². The number of rotatable bonds is 2. The van der Waals surface area contributed by atoms with E-state index in [1.165, 1.54) is 0 Å². The van der Waals surface area contributed by atoms with Crippen molar-refractivity contribution >= 4 is 12.2 Å². The number of aliphatic hydroxyl groups excluding tert-OH is 1. The first-order valence-electron chi connectivity index (χ1n) is 5.46. The zero-order valence-electron chi connectivity index (χ0n) is 9.54. The predicted octanol–water partition coefficient (Wildman–Crippen LogP) is 1.12. The highest BCUT2D eigenvalue weighted by Gasteiger charge is 2.27. The number of nitrogens with zero attached hydrogens (tertiary/aromatic N) is 1. The maximum absolute atomic E-state index is 11.9. The molecule has 1 aliphatic carbocycles. The van der Waals surface area contributed by atoms with E-state index in [0.29, 0.717) is 4.64 Å². The topological polar surface area (TPSA) is 58.0 Å². The fourth-order valence-electron chi connectivity index (χ4n) is 2.28. The zero-order chi connectivity index (χ0) is 11.9. The number of hydrogen-bond donors (Lipinski definition) is 2. The molecule has 2 N–H and O–H groups in total. The molecule has 0 unspecified atom stereocenters. The van der Waals surface area contributed by atoms with E-state index < -0.39 is 5.54 Å².